The maximum Gasteiger partial charge on any atom is 0.315 e. The highest BCUT2D eigenvalue weighted by atomic mass is 35.5. The number of nitrogens with two attached hydrogens (primary N) is 1. The summed E-state index contributed by atoms with van der Waals surface area (Å²) >= 11 is 0. The van der Waals surface area contributed by atoms with Crippen LogP contribution in [0.2, 0.25) is 0 Å². The summed E-state index contributed by atoms with van der Waals surface area (Å²) in [5.74, 6) is -0.0172. The Labute approximate surface area is 160 Å². The van der Waals surface area contributed by atoms with E-state index in [4.69, 9.17) is 5.73 Å². The maximum atomic E-state index is 12.9. The van der Waals surface area contributed by atoms with Gasteiger partial charge in [-0.1, -0.05) is 25.5 Å². The Kier molecular flexibility index (Phi) is 9.37. The number of halogens is 2. The molecule has 0 bridgehead atoms. The Morgan fingerprint density at radius 3 is 2.62 bits per heavy atom. The Morgan fingerprint density at radius 2 is 2.04 bits per heavy atom. The number of nitrogens with one attached hydrogen (secondary N) is 2. The summed E-state index contributed by atoms with van der Waals surface area (Å²) < 4.78 is 12.9. The quantitative estimate of drug-likeness (QED) is 0.670. The van der Waals surface area contributed by atoms with Crippen LogP contribution in [-0.2, 0) is 11.3 Å². The molecule has 6 nitrogen and oxygen atoms in total. The van der Waals surface area contributed by atoms with Crippen molar-refractivity contribution in [2.45, 2.75) is 38.8 Å². The molecule has 2 rings (SSSR count). The minimum absolute atomic E-state index is 0. The Bertz CT molecular complexity index is 585. The first kappa shape index (κ1) is 22.2. The highest BCUT2D eigenvalue weighted by Crippen LogP contribution is 2.16. The van der Waals surface area contributed by atoms with Gasteiger partial charge in [0.15, 0.2) is 0 Å². The van der Waals surface area contributed by atoms with E-state index in [-0.39, 0.29) is 30.7 Å². The fourth-order valence-electron chi connectivity index (χ4n) is 2.99. The molecule has 146 valence electrons. The van der Waals surface area contributed by atoms with E-state index in [1.807, 2.05) is 6.92 Å². The van der Waals surface area contributed by atoms with Crippen molar-refractivity contribution in [2.75, 3.05) is 19.6 Å². The van der Waals surface area contributed by atoms with E-state index in [1.165, 1.54) is 12.1 Å². The van der Waals surface area contributed by atoms with Gasteiger partial charge in [-0.2, -0.15) is 0 Å². The zero-order valence-electron chi connectivity index (χ0n) is 15.0. The number of rotatable bonds is 7. The molecule has 1 aromatic carbocycles. The Balaban J connectivity index is 0.00000338. The third-order valence-corrected chi connectivity index (χ3v) is 4.48. The van der Waals surface area contributed by atoms with Gasteiger partial charge in [0.05, 0.1) is 0 Å². The number of nitrogens with zero attached hydrogens (tertiary/aromatic N) is 1. The van der Waals surface area contributed by atoms with Crippen LogP contribution in [0.15, 0.2) is 24.3 Å². The molecule has 1 aliphatic heterocycles. The fourth-order valence-corrected chi connectivity index (χ4v) is 2.99. The Morgan fingerprint density at radius 1 is 1.35 bits per heavy atom. The molecule has 26 heavy (non-hydrogen) atoms. The van der Waals surface area contributed by atoms with Crippen molar-refractivity contribution in [3.8, 4) is 0 Å². The van der Waals surface area contributed by atoms with Crippen LogP contribution in [0.5, 0.6) is 0 Å². The molecule has 1 heterocycles. The lowest BCUT2D eigenvalue weighted by molar-refractivity contribution is -0.132. The molecule has 1 fully saturated rings. The van der Waals surface area contributed by atoms with Crippen molar-refractivity contribution in [3.63, 3.8) is 0 Å². The second kappa shape index (κ2) is 11.0. The van der Waals surface area contributed by atoms with Crippen LogP contribution in [0.3, 0.4) is 0 Å². The van der Waals surface area contributed by atoms with Crippen LogP contribution in [0.25, 0.3) is 0 Å². The molecule has 0 aromatic heterocycles. The molecule has 1 aliphatic rings. The van der Waals surface area contributed by atoms with E-state index in [1.54, 1.807) is 17.0 Å². The van der Waals surface area contributed by atoms with E-state index < -0.39 is 12.1 Å². The number of hydrogen-bond acceptors (Lipinski definition) is 3. The van der Waals surface area contributed by atoms with Crippen LogP contribution in [0.1, 0.15) is 31.7 Å². The number of urea groups is 1. The third kappa shape index (κ3) is 6.46. The monoisotopic (exact) mass is 386 g/mol. The standard InChI is InChI=1S/C18H27FN4O2.ClH/c1-2-3-16(17(24)23-9-8-14(10-20)12-23)22-18(25)21-11-13-4-6-15(19)7-5-13;/h4-7,14,16H,2-3,8-12,20H2,1H3,(H2,21,22,25);1H. The first-order chi connectivity index (χ1) is 12.0. The van der Waals surface area contributed by atoms with Gasteiger partial charge in [0.25, 0.3) is 0 Å². The lowest BCUT2D eigenvalue weighted by atomic mass is 10.1. The SMILES string of the molecule is CCCC(NC(=O)NCc1ccc(F)cc1)C(=O)N1CCC(CN)C1.Cl. The first-order valence-corrected chi connectivity index (χ1v) is 8.81. The Hall–Kier alpha value is -1.86. The molecule has 0 saturated carbocycles. The van der Waals surface area contributed by atoms with Gasteiger partial charge in [-0.05, 0) is 43.0 Å². The van der Waals surface area contributed by atoms with Crippen molar-refractivity contribution >= 4 is 24.3 Å². The topological polar surface area (TPSA) is 87.5 Å². The van der Waals surface area contributed by atoms with Crippen LogP contribution < -0.4 is 16.4 Å². The van der Waals surface area contributed by atoms with E-state index in [9.17, 15) is 14.0 Å². The molecule has 4 N–H and O–H groups in total. The smallest absolute Gasteiger partial charge is 0.315 e. The molecule has 1 saturated heterocycles. The van der Waals surface area contributed by atoms with Gasteiger partial charge >= 0.3 is 6.03 Å². The molecular weight excluding hydrogens is 359 g/mol. The van der Waals surface area contributed by atoms with E-state index in [0.29, 0.717) is 32.0 Å². The summed E-state index contributed by atoms with van der Waals surface area (Å²) in [6.45, 7) is 4.19. The highest BCUT2D eigenvalue weighted by molar-refractivity contribution is 5.87. The summed E-state index contributed by atoms with van der Waals surface area (Å²) in [5, 5.41) is 5.47. The van der Waals surface area contributed by atoms with E-state index in [2.05, 4.69) is 10.6 Å². The summed E-state index contributed by atoms with van der Waals surface area (Å²) in [6.07, 6.45) is 2.30. The zero-order chi connectivity index (χ0) is 18.2. The number of amides is 3. The molecule has 0 aliphatic carbocycles. The minimum Gasteiger partial charge on any atom is -0.341 e. The average Bonchev–Trinajstić information content (AvgIpc) is 3.09. The molecule has 0 radical (unpaired) electrons. The van der Waals surface area contributed by atoms with Gasteiger partial charge < -0.3 is 21.3 Å². The summed E-state index contributed by atoms with van der Waals surface area (Å²) in [6, 6.07) is 4.99. The molecular formula is C18H28ClFN4O2. The van der Waals surface area contributed by atoms with Crippen LogP contribution in [0.4, 0.5) is 9.18 Å². The van der Waals surface area contributed by atoms with Gasteiger partial charge in [-0.25, -0.2) is 9.18 Å². The largest absolute Gasteiger partial charge is 0.341 e. The van der Waals surface area contributed by atoms with Gasteiger partial charge in [-0.15, -0.1) is 12.4 Å². The van der Waals surface area contributed by atoms with Gasteiger partial charge in [0, 0.05) is 19.6 Å². The first-order valence-electron chi connectivity index (χ1n) is 8.81. The lowest BCUT2D eigenvalue weighted by Gasteiger charge is -2.24. The van der Waals surface area contributed by atoms with Gasteiger partial charge in [-0.3, -0.25) is 4.79 Å². The normalized spacial score (nSPS) is 17.3. The van der Waals surface area contributed by atoms with Crippen LogP contribution >= 0.6 is 12.4 Å². The molecule has 3 amide bonds. The van der Waals surface area contributed by atoms with Crippen molar-refractivity contribution in [3.05, 3.63) is 35.6 Å². The van der Waals surface area contributed by atoms with E-state index >= 15 is 0 Å². The number of likely N-dealkylation sites (tertiary alicyclic amines) is 1. The third-order valence-electron chi connectivity index (χ3n) is 4.48. The predicted molar refractivity (Wildman–Crippen MR) is 101 cm³/mol. The maximum absolute atomic E-state index is 12.9. The predicted octanol–water partition coefficient (Wildman–Crippen LogP) is 2.02. The summed E-state index contributed by atoms with van der Waals surface area (Å²) in [7, 11) is 0. The molecule has 2 unspecified atom stereocenters. The second-order valence-electron chi connectivity index (χ2n) is 6.47. The molecule has 2 atom stereocenters. The van der Waals surface area contributed by atoms with Crippen molar-refractivity contribution in [2.24, 2.45) is 11.7 Å². The number of carbonyl (C=O) groups is 2. The minimum atomic E-state index is -0.533. The van der Waals surface area contributed by atoms with Crippen molar-refractivity contribution < 1.29 is 14.0 Å². The van der Waals surface area contributed by atoms with Gasteiger partial charge in [0.1, 0.15) is 11.9 Å². The van der Waals surface area contributed by atoms with Gasteiger partial charge in [0.2, 0.25) is 5.91 Å². The number of carbonyl (C=O) groups excluding carboxylic acids is 2. The van der Waals surface area contributed by atoms with Crippen molar-refractivity contribution in [1.29, 1.82) is 0 Å². The fraction of sp³-hybridized carbons (Fsp3) is 0.556. The number of hydrogen-bond donors (Lipinski definition) is 3. The molecule has 0 spiro atoms. The summed E-state index contributed by atoms with van der Waals surface area (Å²) in [5.41, 5.74) is 6.47. The second-order valence-corrected chi connectivity index (χ2v) is 6.47. The van der Waals surface area contributed by atoms with E-state index in [0.717, 1.165) is 18.4 Å². The van der Waals surface area contributed by atoms with Crippen LogP contribution in [0, 0.1) is 11.7 Å². The van der Waals surface area contributed by atoms with Crippen molar-refractivity contribution in [1.82, 2.24) is 15.5 Å². The zero-order valence-corrected chi connectivity index (χ0v) is 15.9. The van der Waals surface area contributed by atoms with Crippen LogP contribution in [-0.4, -0.2) is 42.5 Å². The lowest BCUT2D eigenvalue weighted by Crippen LogP contribution is -2.50. The average molecular weight is 387 g/mol. The summed E-state index contributed by atoms with van der Waals surface area (Å²) in [4.78, 5) is 26.6. The molecule has 1 aromatic rings. The highest BCUT2D eigenvalue weighted by Gasteiger charge is 2.30. The molecule has 8 heteroatoms. The number of benzene rings is 1.